The van der Waals surface area contributed by atoms with E-state index in [2.05, 4.69) is 10.3 Å². The lowest BCUT2D eigenvalue weighted by Crippen LogP contribution is -2.31. The predicted molar refractivity (Wildman–Crippen MR) is 117 cm³/mol. The van der Waals surface area contributed by atoms with Gasteiger partial charge in [-0.1, -0.05) is 0 Å². The molecule has 3 aromatic rings. The molecule has 9 nitrogen and oxygen atoms in total. The molecule has 2 heterocycles. The van der Waals surface area contributed by atoms with E-state index in [1.165, 1.54) is 12.1 Å². The Bertz CT molecular complexity index is 1230. The Hall–Kier alpha value is -4.01. The number of hydrogen-bond acceptors (Lipinski definition) is 7. The molecule has 5 rings (SSSR count). The molecule has 0 radical (unpaired) electrons. The predicted octanol–water partition coefficient (Wildman–Crippen LogP) is 4.27. The van der Waals surface area contributed by atoms with Gasteiger partial charge in [0, 0.05) is 35.4 Å². The molecule has 1 unspecified atom stereocenters. The van der Waals surface area contributed by atoms with Crippen LogP contribution in [0.4, 0.5) is 11.6 Å². The summed E-state index contributed by atoms with van der Waals surface area (Å²) < 4.78 is 7.21. The summed E-state index contributed by atoms with van der Waals surface area (Å²) in [4.78, 5) is 28.2. The average Bonchev–Trinajstić information content (AvgIpc) is 3.22. The van der Waals surface area contributed by atoms with Crippen molar-refractivity contribution in [1.29, 1.82) is 0 Å². The molecule has 1 aliphatic heterocycles. The number of carbonyl (C=O) groups excluding carboxylic acids is 1. The Labute approximate surface area is 183 Å². The average molecular weight is 431 g/mol. The minimum Gasteiger partial charge on any atom is -0.494 e. The summed E-state index contributed by atoms with van der Waals surface area (Å²) in [5, 5.41) is 19.1. The van der Waals surface area contributed by atoms with Crippen LogP contribution in [0.2, 0.25) is 0 Å². The molecule has 0 saturated heterocycles. The van der Waals surface area contributed by atoms with Crippen LogP contribution in [0.15, 0.2) is 59.8 Å². The second-order valence-corrected chi connectivity index (χ2v) is 7.71. The molecule has 0 saturated carbocycles. The van der Waals surface area contributed by atoms with E-state index in [0.29, 0.717) is 30.4 Å². The van der Waals surface area contributed by atoms with Crippen molar-refractivity contribution in [3.63, 3.8) is 0 Å². The number of rotatable bonds is 5. The first-order chi connectivity index (χ1) is 15.5. The van der Waals surface area contributed by atoms with Gasteiger partial charge in [-0.3, -0.25) is 14.9 Å². The van der Waals surface area contributed by atoms with Gasteiger partial charge in [-0.2, -0.15) is 4.98 Å². The van der Waals surface area contributed by atoms with Crippen molar-refractivity contribution < 1.29 is 14.5 Å². The standard InChI is InChI=1S/C23H21N5O4/c1-2-32-17-12-8-15(9-13-17)22-25-23-24-18-4-3-5-19(29)20(18)21(27(23)26-22)14-6-10-16(11-7-14)28(30)31/h6-13,21H,2-5H2,1H3,(H,24,25,26). The van der Waals surface area contributed by atoms with Crippen LogP contribution < -0.4 is 10.1 Å². The van der Waals surface area contributed by atoms with Gasteiger partial charge in [0.15, 0.2) is 11.6 Å². The molecule has 2 aliphatic rings. The van der Waals surface area contributed by atoms with E-state index in [0.717, 1.165) is 35.4 Å². The van der Waals surface area contributed by atoms with Crippen molar-refractivity contribution in [2.75, 3.05) is 11.9 Å². The fourth-order valence-electron chi connectivity index (χ4n) is 4.23. The Morgan fingerprint density at radius 2 is 1.91 bits per heavy atom. The van der Waals surface area contributed by atoms with Gasteiger partial charge in [-0.15, -0.1) is 5.10 Å². The maximum absolute atomic E-state index is 12.9. The van der Waals surface area contributed by atoms with Gasteiger partial charge < -0.3 is 10.1 Å². The fraction of sp³-hybridized carbons (Fsp3) is 0.261. The van der Waals surface area contributed by atoms with Crippen LogP contribution in [-0.4, -0.2) is 32.1 Å². The summed E-state index contributed by atoms with van der Waals surface area (Å²) in [6.45, 7) is 2.52. The van der Waals surface area contributed by atoms with Gasteiger partial charge in [-0.25, -0.2) is 4.68 Å². The second kappa shape index (κ2) is 7.92. The van der Waals surface area contributed by atoms with Crippen molar-refractivity contribution in [3.8, 4) is 17.1 Å². The summed E-state index contributed by atoms with van der Waals surface area (Å²) >= 11 is 0. The van der Waals surface area contributed by atoms with Crippen molar-refractivity contribution in [3.05, 3.63) is 75.5 Å². The van der Waals surface area contributed by atoms with E-state index in [1.54, 1.807) is 16.8 Å². The van der Waals surface area contributed by atoms with Crippen molar-refractivity contribution in [1.82, 2.24) is 14.8 Å². The van der Waals surface area contributed by atoms with E-state index in [9.17, 15) is 14.9 Å². The van der Waals surface area contributed by atoms with E-state index < -0.39 is 11.0 Å². The molecular weight excluding hydrogens is 410 g/mol. The van der Waals surface area contributed by atoms with E-state index in [1.807, 2.05) is 31.2 Å². The van der Waals surface area contributed by atoms with Crippen LogP contribution in [0.25, 0.3) is 11.4 Å². The molecule has 0 fully saturated rings. The first kappa shape index (κ1) is 19.9. The first-order valence-electron chi connectivity index (χ1n) is 10.5. The zero-order valence-electron chi connectivity index (χ0n) is 17.4. The molecule has 0 amide bonds. The summed E-state index contributed by atoms with van der Waals surface area (Å²) in [5.74, 6) is 1.90. The number of nitrogens with zero attached hydrogens (tertiary/aromatic N) is 4. The number of nitrogens with one attached hydrogen (secondary N) is 1. The van der Waals surface area contributed by atoms with Crippen LogP contribution in [0, 0.1) is 10.1 Å². The lowest BCUT2D eigenvalue weighted by molar-refractivity contribution is -0.384. The second-order valence-electron chi connectivity index (χ2n) is 7.71. The van der Waals surface area contributed by atoms with Crippen LogP contribution in [0.5, 0.6) is 5.75 Å². The molecule has 1 N–H and O–H groups in total. The summed E-state index contributed by atoms with van der Waals surface area (Å²) in [5.41, 5.74) is 3.08. The lowest BCUT2D eigenvalue weighted by atomic mass is 9.85. The molecule has 1 aromatic heterocycles. The summed E-state index contributed by atoms with van der Waals surface area (Å²) in [6, 6.07) is 13.3. The number of allylic oxidation sites excluding steroid dienone is 2. The van der Waals surface area contributed by atoms with Gasteiger partial charge >= 0.3 is 0 Å². The number of hydrogen-bond donors (Lipinski definition) is 1. The minimum atomic E-state index is -0.487. The summed E-state index contributed by atoms with van der Waals surface area (Å²) in [7, 11) is 0. The Morgan fingerprint density at radius 1 is 1.16 bits per heavy atom. The number of aromatic nitrogens is 3. The number of anilines is 1. The first-order valence-corrected chi connectivity index (χ1v) is 10.5. The quantitative estimate of drug-likeness (QED) is 0.474. The molecule has 2 aromatic carbocycles. The molecule has 1 atom stereocenters. The maximum Gasteiger partial charge on any atom is 0.269 e. The maximum atomic E-state index is 12.9. The highest BCUT2D eigenvalue weighted by Crippen LogP contribution is 2.41. The highest BCUT2D eigenvalue weighted by molar-refractivity contribution is 5.99. The Morgan fingerprint density at radius 3 is 2.59 bits per heavy atom. The van der Waals surface area contributed by atoms with E-state index >= 15 is 0 Å². The summed E-state index contributed by atoms with van der Waals surface area (Å²) in [6.07, 6.45) is 1.99. The van der Waals surface area contributed by atoms with Gasteiger partial charge in [0.2, 0.25) is 5.95 Å². The van der Waals surface area contributed by atoms with Gasteiger partial charge in [0.1, 0.15) is 11.8 Å². The van der Waals surface area contributed by atoms with Crippen LogP contribution >= 0.6 is 0 Å². The third-order valence-electron chi connectivity index (χ3n) is 5.71. The third-order valence-corrected chi connectivity index (χ3v) is 5.71. The number of Topliss-reactive ketones (excluding diaryl/α,β-unsaturated/α-hetero) is 1. The largest absolute Gasteiger partial charge is 0.494 e. The molecule has 1 aliphatic carbocycles. The highest BCUT2D eigenvalue weighted by atomic mass is 16.6. The monoisotopic (exact) mass is 431 g/mol. The SMILES string of the molecule is CCOc1ccc(-c2nc3n(n2)C(c2ccc([N+](=O)[O-])cc2)C2=C(CCCC2=O)N3)cc1. The smallest absolute Gasteiger partial charge is 0.269 e. The normalized spacial score (nSPS) is 17.4. The van der Waals surface area contributed by atoms with Crippen LogP contribution in [0.1, 0.15) is 37.8 Å². The molecule has 32 heavy (non-hydrogen) atoms. The number of fused-ring (bicyclic) bond motifs is 1. The topological polar surface area (TPSA) is 112 Å². The molecule has 9 heteroatoms. The number of ketones is 1. The Kier molecular flexibility index (Phi) is 4.93. The van der Waals surface area contributed by atoms with Crippen molar-refractivity contribution in [2.24, 2.45) is 0 Å². The number of nitro benzene ring substituents is 1. The minimum absolute atomic E-state index is 0.000693. The molecular formula is C23H21N5O4. The zero-order chi connectivity index (χ0) is 22.2. The van der Waals surface area contributed by atoms with Crippen LogP contribution in [-0.2, 0) is 4.79 Å². The number of ether oxygens (including phenoxy) is 1. The number of carbonyl (C=O) groups is 1. The third kappa shape index (κ3) is 3.41. The zero-order valence-corrected chi connectivity index (χ0v) is 17.4. The fourth-order valence-corrected chi connectivity index (χ4v) is 4.23. The highest BCUT2D eigenvalue weighted by Gasteiger charge is 2.37. The number of benzene rings is 2. The van der Waals surface area contributed by atoms with Gasteiger partial charge in [-0.05, 0) is 61.7 Å². The van der Waals surface area contributed by atoms with Crippen LogP contribution in [0.3, 0.4) is 0 Å². The van der Waals surface area contributed by atoms with Crippen molar-refractivity contribution in [2.45, 2.75) is 32.2 Å². The lowest BCUT2D eigenvalue weighted by Gasteiger charge is -2.32. The molecule has 0 bridgehead atoms. The van der Waals surface area contributed by atoms with Gasteiger partial charge in [0.25, 0.3) is 5.69 Å². The van der Waals surface area contributed by atoms with E-state index in [4.69, 9.17) is 9.84 Å². The molecule has 162 valence electrons. The number of nitro groups is 1. The number of non-ortho nitro benzene ring substituents is 1. The van der Waals surface area contributed by atoms with Crippen molar-refractivity contribution >= 4 is 17.4 Å². The van der Waals surface area contributed by atoms with E-state index in [-0.39, 0.29) is 11.5 Å². The molecule has 0 spiro atoms. The Balaban J connectivity index is 1.59. The van der Waals surface area contributed by atoms with Gasteiger partial charge in [0.05, 0.1) is 11.5 Å².